The SMILES string of the molecule is COc1ccc(C(=O)Nc2ccccc2SC)cc1COC(C)C. The number of carbonyl (C=O) groups is 1. The summed E-state index contributed by atoms with van der Waals surface area (Å²) in [7, 11) is 1.61. The van der Waals surface area contributed by atoms with Gasteiger partial charge in [0.25, 0.3) is 5.91 Å². The first-order valence-electron chi connectivity index (χ1n) is 7.78. The molecule has 2 rings (SSSR count). The fraction of sp³-hybridized carbons (Fsp3) is 0.316. The summed E-state index contributed by atoms with van der Waals surface area (Å²) in [5.74, 6) is 0.571. The number of para-hydroxylation sites is 1. The van der Waals surface area contributed by atoms with Gasteiger partial charge in [-0.2, -0.15) is 0 Å². The fourth-order valence-electron chi connectivity index (χ4n) is 2.23. The van der Waals surface area contributed by atoms with E-state index in [4.69, 9.17) is 9.47 Å². The minimum Gasteiger partial charge on any atom is -0.496 e. The van der Waals surface area contributed by atoms with E-state index in [-0.39, 0.29) is 12.0 Å². The molecule has 0 radical (unpaired) electrons. The molecule has 0 aliphatic heterocycles. The topological polar surface area (TPSA) is 47.6 Å². The van der Waals surface area contributed by atoms with Gasteiger partial charge in [-0.05, 0) is 50.4 Å². The van der Waals surface area contributed by atoms with Gasteiger partial charge in [-0.25, -0.2) is 0 Å². The molecule has 4 nitrogen and oxygen atoms in total. The van der Waals surface area contributed by atoms with Gasteiger partial charge in [-0.1, -0.05) is 12.1 Å². The molecule has 1 amide bonds. The van der Waals surface area contributed by atoms with Gasteiger partial charge in [-0.15, -0.1) is 11.8 Å². The lowest BCUT2D eigenvalue weighted by Gasteiger charge is -2.14. The maximum atomic E-state index is 12.6. The lowest BCUT2D eigenvalue weighted by atomic mass is 10.1. The molecule has 0 spiro atoms. The molecular weight excluding hydrogens is 322 g/mol. The quantitative estimate of drug-likeness (QED) is 0.745. The highest BCUT2D eigenvalue weighted by Gasteiger charge is 2.12. The Hall–Kier alpha value is -1.98. The second-order valence-electron chi connectivity index (χ2n) is 5.54. The molecule has 0 aromatic heterocycles. The molecule has 0 bridgehead atoms. The van der Waals surface area contributed by atoms with Crippen LogP contribution in [0.4, 0.5) is 5.69 Å². The zero-order chi connectivity index (χ0) is 17.5. The Kier molecular flexibility index (Phi) is 6.70. The molecule has 0 saturated carbocycles. The summed E-state index contributed by atoms with van der Waals surface area (Å²) in [5.41, 5.74) is 2.25. The standard InChI is InChI=1S/C19H23NO3S/c1-13(2)23-12-15-11-14(9-10-17(15)22-3)19(21)20-16-7-5-6-8-18(16)24-4/h5-11,13H,12H2,1-4H3,(H,20,21). The number of nitrogens with one attached hydrogen (secondary N) is 1. The van der Waals surface area contributed by atoms with Crippen LogP contribution in [0.5, 0.6) is 5.75 Å². The number of thioether (sulfide) groups is 1. The number of hydrogen-bond acceptors (Lipinski definition) is 4. The average molecular weight is 345 g/mol. The predicted octanol–water partition coefficient (Wildman–Crippen LogP) is 4.59. The highest BCUT2D eigenvalue weighted by Crippen LogP contribution is 2.26. The molecule has 24 heavy (non-hydrogen) atoms. The summed E-state index contributed by atoms with van der Waals surface area (Å²) < 4.78 is 11.0. The molecule has 0 aliphatic carbocycles. The van der Waals surface area contributed by atoms with Crippen LogP contribution < -0.4 is 10.1 Å². The van der Waals surface area contributed by atoms with Gasteiger partial charge in [0.05, 0.1) is 25.5 Å². The summed E-state index contributed by atoms with van der Waals surface area (Å²) in [6.45, 7) is 4.36. The molecule has 0 fully saturated rings. The molecule has 0 atom stereocenters. The van der Waals surface area contributed by atoms with Crippen LogP contribution in [-0.4, -0.2) is 25.4 Å². The Labute approximate surface area is 147 Å². The summed E-state index contributed by atoms with van der Waals surface area (Å²) in [6, 6.07) is 13.1. The van der Waals surface area contributed by atoms with Crippen molar-refractivity contribution in [3.63, 3.8) is 0 Å². The van der Waals surface area contributed by atoms with E-state index in [1.807, 2.05) is 50.4 Å². The van der Waals surface area contributed by atoms with Crippen LogP contribution in [0.25, 0.3) is 0 Å². The third-order valence-electron chi connectivity index (χ3n) is 3.47. The summed E-state index contributed by atoms with van der Waals surface area (Å²) >= 11 is 1.60. The van der Waals surface area contributed by atoms with Crippen LogP contribution in [0, 0.1) is 0 Å². The van der Waals surface area contributed by atoms with E-state index in [9.17, 15) is 4.79 Å². The van der Waals surface area contributed by atoms with Crippen LogP contribution in [-0.2, 0) is 11.3 Å². The van der Waals surface area contributed by atoms with Crippen LogP contribution in [0.15, 0.2) is 47.4 Å². The minimum absolute atomic E-state index is 0.112. The summed E-state index contributed by atoms with van der Waals surface area (Å²) in [4.78, 5) is 13.6. The van der Waals surface area contributed by atoms with E-state index in [1.165, 1.54) is 0 Å². The first-order valence-corrected chi connectivity index (χ1v) is 9.00. The maximum absolute atomic E-state index is 12.6. The first-order chi connectivity index (χ1) is 11.5. The van der Waals surface area contributed by atoms with Gasteiger partial charge < -0.3 is 14.8 Å². The molecule has 0 saturated heterocycles. The highest BCUT2D eigenvalue weighted by atomic mass is 32.2. The smallest absolute Gasteiger partial charge is 0.255 e. The Bertz CT molecular complexity index is 701. The Morgan fingerprint density at radius 2 is 1.96 bits per heavy atom. The van der Waals surface area contributed by atoms with E-state index in [1.54, 1.807) is 31.0 Å². The molecule has 1 N–H and O–H groups in total. The molecule has 5 heteroatoms. The molecule has 0 aliphatic rings. The number of benzene rings is 2. The number of anilines is 1. The molecular formula is C19H23NO3S. The number of hydrogen-bond donors (Lipinski definition) is 1. The lowest BCUT2D eigenvalue weighted by Crippen LogP contribution is -2.13. The number of rotatable bonds is 7. The van der Waals surface area contributed by atoms with Crippen LogP contribution in [0.1, 0.15) is 29.8 Å². The van der Waals surface area contributed by atoms with Crippen molar-refractivity contribution in [3.8, 4) is 5.75 Å². The van der Waals surface area contributed by atoms with E-state index >= 15 is 0 Å². The maximum Gasteiger partial charge on any atom is 0.255 e. The highest BCUT2D eigenvalue weighted by molar-refractivity contribution is 7.98. The van der Waals surface area contributed by atoms with E-state index in [0.29, 0.717) is 12.2 Å². The molecule has 128 valence electrons. The van der Waals surface area contributed by atoms with Crippen molar-refractivity contribution in [2.45, 2.75) is 31.5 Å². The normalized spacial score (nSPS) is 10.7. The van der Waals surface area contributed by atoms with E-state index in [2.05, 4.69) is 5.32 Å². The third-order valence-corrected chi connectivity index (χ3v) is 4.27. The predicted molar refractivity (Wildman–Crippen MR) is 99.1 cm³/mol. The largest absolute Gasteiger partial charge is 0.496 e. The zero-order valence-corrected chi connectivity index (χ0v) is 15.3. The van der Waals surface area contributed by atoms with Crippen molar-refractivity contribution < 1.29 is 14.3 Å². The van der Waals surface area contributed by atoms with Gasteiger partial charge in [0.1, 0.15) is 5.75 Å². The van der Waals surface area contributed by atoms with Crippen LogP contribution >= 0.6 is 11.8 Å². The minimum atomic E-state index is -0.148. The van der Waals surface area contributed by atoms with Crippen molar-refractivity contribution in [2.24, 2.45) is 0 Å². The second-order valence-corrected chi connectivity index (χ2v) is 6.39. The molecule has 0 heterocycles. The fourth-order valence-corrected chi connectivity index (χ4v) is 2.79. The Morgan fingerprint density at radius 1 is 1.21 bits per heavy atom. The third kappa shape index (κ3) is 4.76. The second kappa shape index (κ2) is 8.76. The van der Waals surface area contributed by atoms with Gasteiger partial charge in [0, 0.05) is 16.0 Å². The number of amides is 1. The van der Waals surface area contributed by atoms with E-state index in [0.717, 1.165) is 21.9 Å². The van der Waals surface area contributed by atoms with Crippen molar-refractivity contribution in [1.82, 2.24) is 0 Å². The molecule has 0 unspecified atom stereocenters. The zero-order valence-electron chi connectivity index (χ0n) is 14.5. The van der Waals surface area contributed by atoms with Crippen LogP contribution in [0.3, 0.4) is 0 Å². The number of methoxy groups -OCH3 is 1. The van der Waals surface area contributed by atoms with Gasteiger partial charge in [-0.3, -0.25) is 4.79 Å². The van der Waals surface area contributed by atoms with Gasteiger partial charge in [0.2, 0.25) is 0 Å². The average Bonchev–Trinajstić information content (AvgIpc) is 2.60. The Morgan fingerprint density at radius 3 is 2.62 bits per heavy atom. The lowest BCUT2D eigenvalue weighted by molar-refractivity contribution is 0.0644. The molecule has 2 aromatic carbocycles. The Balaban J connectivity index is 2.21. The molecule has 2 aromatic rings. The number of carbonyl (C=O) groups excluding carboxylic acids is 1. The van der Waals surface area contributed by atoms with Crippen LogP contribution in [0.2, 0.25) is 0 Å². The van der Waals surface area contributed by atoms with Gasteiger partial charge >= 0.3 is 0 Å². The van der Waals surface area contributed by atoms with Crippen molar-refractivity contribution in [1.29, 1.82) is 0 Å². The van der Waals surface area contributed by atoms with Crippen molar-refractivity contribution in [3.05, 3.63) is 53.6 Å². The van der Waals surface area contributed by atoms with Crippen molar-refractivity contribution >= 4 is 23.4 Å². The van der Waals surface area contributed by atoms with Crippen molar-refractivity contribution in [2.75, 3.05) is 18.7 Å². The van der Waals surface area contributed by atoms with E-state index < -0.39 is 0 Å². The number of ether oxygens (including phenoxy) is 2. The summed E-state index contributed by atoms with van der Waals surface area (Å²) in [6.07, 6.45) is 2.10. The first kappa shape index (κ1) is 18.4. The monoisotopic (exact) mass is 345 g/mol. The summed E-state index contributed by atoms with van der Waals surface area (Å²) in [5, 5.41) is 2.97. The van der Waals surface area contributed by atoms with Gasteiger partial charge in [0.15, 0.2) is 0 Å².